The van der Waals surface area contributed by atoms with Gasteiger partial charge in [-0.2, -0.15) is 0 Å². The number of ether oxygens (including phenoxy) is 1. The molecule has 2 fully saturated rings. The van der Waals surface area contributed by atoms with Gasteiger partial charge >= 0.3 is 17.8 Å². The Bertz CT molecular complexity index is 449. The minimum atomic E-state index is -0.626. The predicted molar refractivity (Wildman–Crippen MR) is 83.1 cm³/mol. The van der Waals surface area contributed by atoms with E-state index in [-0.39, 0.29) is 18.4 Å². The van der Waals surface area contributed by atoms with E-state index in [4.69, 9.17) is 4.74 Å². The summed E-state index contributed by atoms with van der Waals surface area (Å²) in [6.45, 7) is 5.94. The lowest BCUT2D eigenvalue weighted by Crippen LogP contribution is -2.56. The summed E-state index contributed by atoms with van der Waals surface area (Å²) in [6, 6.07) is 0. The highest BCUT2D eigenvalue weighted by Gasteiger charge is 2.32. The Labute approximate surface area is 136 Å². The molecule has 0 saturated carbocycles. The summed E-state index contributed by atoms with van der Waals surface area (Å²) in [5.74, 6) is -1.81. The van der Waals surface area contributed by atoms with Crippen molar-refractivity contribution >= 4 is 17.8 Å². The van der Waals surface area contributed by atoms with E-state index in [0.29, 0.717) is 39.1 Å². The summed E-state index contributed by atoms with van der Waals surface area (Å²) >= 11 is 0. The van der Waals surface area contributed by atoms with Crippen LogP contribution in [0.5, 0.6) is 0 Å². The number of amides is 2. The highest BCUT2D eigenvalue weighted by Crippen LogP contribution is 2.18. The van der Waals surface area contributed by atoms with Crippen LogP contribution in [-0.2, 0) is 19.1 Å². The molecule has 2 aliphatic heterocycles. The minimum Gasteiger partial charge on any atom is -0.466 e. The number of likely N-dealkylation sites (N-methyl/N-ethyl adjacent to an activating group) is 1. The smallest absolute Gasteiger partial charge is 0.323 e. The molecule has 2 saturated heterocycles. The number of hydrogen-bond donors (Lipinski definition) is 1. The molecule has 2 amide bonds. The molecule has 1 atom stereocenters. The molecule has 8 nitrogen and oxygen atoms in total. The molecule has 130 valence electrons. The van der Waals surface area contributed by atoms with Gasteiger partial charge in [0.05, 0.1) is 12.5 Å². The van der Waals surface area contributed by atoms with E-state index in [0.717, 1.165) is 13.1 Å². The van der Waals surface area contributed by atoms with Crippen molar-refractivity contribution in [3.63, 3.8) is 0 Å². The van der Waals surface area contributed by atoms with Gasteiger partial charge in [0.25, 0.3) is 0 Å². The van der Waals surface area contributed by atoms with Crippen molar-refractivity contribution < 1.29 is 19.1 Å². The third-order valence-corrected chi connectivity index (χ3v) is 4.29. The van der Waals surface area contributed by atoms with Crippen LogP contribution in [-0.4, -0.2) is 85.5 Å². The number of carbonyl (C=O) groups is 3. The van der Waals surface area contributed by atoms with E-state index in [2.05, 4.69) is 10.3 Å². The number of piperazine rings is 1. The zero-order valence-corrected chi connectivity index (χ0v) is 13.9. The maximum atomic E-state index is 12.3. The summed E-state index contributed by atoms with van der Waals surface area (Å²) in [4.78, 5) is 39.8. The lowest BCUT2D eigenvalue weighted by Gasteiger charge is -2.34. The summed E-state index contributed by atoms with van der Waals surface area (Å²) in [5, 5.41) is 1.77. The summed E-state index contributed by atoms with van der Waals surface area (Å²) in [5.41, 5.74) is 2.67. The molecule has 2 rings (SSSR count). The third kappa shape index (κ3) is 4.90. The Balaban J connectivity index is 1.83. The van der Waals surface area contributed by atoms with Crippen LogP contribution in [0.15, 0.2) is 0 Å². The zero-order chi connectivity index (χ0) is 16.8. The summed E-state index contributed by atoms with van der Waals surface area (Å²) in [7, 11) is 2.02. The zero-order valence-electron chi connectivity index (χ0n) is 13.9. The second-order valence-corrected chi connectivity index (χ2v) is 6.07. The highest BCUT2D eigenvalue weighted by atomic mass is 16.5. The predicted octanol–water partition coefficient (Wildman–Crippen LogP) is -0.933. The first-order valence-electron chi connectivity index (χ1n) is 8.21. The molecule has 0 aromatic carbocycles. The molecule has 0 aromatic heterocycles. The number of hydrazine groups is 1. The van der Waals surface area contributed by atoms with Crippen molar-refractivity contribution in [3.8, 4) is 0 Å². The van der Waals surface area contributed by atoms with Crippen LogP contribution in [0.25, 0.3) is 0 Å². The lowest BCUT2D eigenvalue weighted by molar-refractivity contribution is -0.155. The van der Waals surface area contributed by atoms with Gasteiger partial charge in [0, 0.05) is 39.3 Å². The van der Waals surface area contributed by atoms with E-state index in [1.165, 1.54) is 4.90 Å². The van der Waals surface area contributed by atoms with Crippen LogP contribution in [0.2, 0.25) is 0 Å². The number of nitrogens with zero attached hydrogens (tertiary/aromatic N) is 3. The van der Waals surface area contributed by atoms with Gasteiger partial charge < -0.3 is 14.5 Å². The van der Waals surface area contributed by atoms with Gasteiger partial charge in [0.2, 0.25) is 0 Å². The molecule has 0 aromatic rings. The molecule has 8 heteroatoms. The monoisotopic (exact) mass is 326 g/mol. The van der Waals surface area contributed by atoms with Crippen molar-refractivity contribution in [1.29, 1.82) is 0 Å². The first-order chi connectivity index (χ1) is 11.0. The number of hydrogen-bond acceptors (Lipinski definition) is 6. The van der Waals surface area contributed by atoms with Gasteiger partial charge in [-0.3, -0.25) is 19.8 Å². The number of piperidine rings is 1. The van der Waals surface area contributed by atoms with Crippen LogP contribution in [0.1, 0.15) is 19.8 Å². The Hall–Kier alpha value is -1.67. The molecule has 1 unspecified atom stereocenters. The Morgan fingerprint density at radius 3 is 2.48 bits per heavy atom. The van der Waals surface area contributed by atoms with E-state index in [1.54, 1.807) is 11.9 Å². The normalized spacial score (nSPS) is 23.4. The second kappa shape index (κ2) is 8.26. The van der Waals surface area contributed by atoms with Crippen molar-refractivity contribution in [2.75, 3.05) is 52.9 Å². The van der Waals surface area contributed by atoms with Gasteiger partial charge in [-0.1, -0.05) is 0 Å². The molecule has 0 radical (unpaired) electrons. The van der Waals surface area contributed by atoms with Crippen LogP contribution >= 0.6 is 0 Å². The SMILES string of the molecule is CCOC(=O)C1CCCN(C(=O)C(=O)NN2CCN(C)CC2)C1. The van der Waals surface area contributed by atoms with E-state index in [1.807, 2.05) is 7.05 Å². The van der Waals surface area contributed by atoms with Crippen molar-refractivity contribution in [2.24, 2.45) is 5.92 Å². The maximum absolute atomic E-state index is 12.3. The molecular formula is C15H26N4O4. The number of esters is 1. The summed E-state index contributed by atoms with van der Waals surface area (Å²) in [6.07, 6.45) is 1.40. The first-order valence-corrected chi connectivity index (χ1v) is 8.21. The highest BCUT2D eigenvalue weighted by molar-refractivity contribution is 6.34. The molecular weight excluding hydrogens is 300 g/mol. The Morgan fingerprint density at radius 1 is 1.13 bits per heavy atom. The fourth-order valence-electron chi connectivity index (χ4n) is 2.87. The van der Waals surface area contributed by atoms with Gasteiger partial charge in [-0.25, -0.2) is 5.01 Å². The van der Waals surface area contributed by atoms with Gasteiger partial charge in [0.1, 0.15) is 0 Å². The van der Waals surface area contributed by atoms with Gasteiger partial charge in [-0.15, -0.1) is 0 Å². The third-order valence-electron chi connectivity index (χ3n) is 4.29. The van der Waals surface area contributed by atoms with Crippen molar-refractivity contribution in [3.05, 3.63) is 0 Å². The second-order valence-electron chi connectivity index (χ2n) is 6.07. The summed E-state index contributed by atoms with van der Waals surface area (Å²) < 4.78 is 5.01. The van der Waals surface area contributed by atoms with Gasteiger partial charge in [0.15, 0.2) is 0 Å². The van der Waals surface area contributed by atoms with E-state index >= 15 is 0 Å². The first kappa shape index (κ1) is 17.7. The lowest BCUT2D eigenvalue weighted by atomic mass is 9.98. The van der Waals surface area contributed by atoms with Crippen LogP contribution in [0.3, 0.4) is 0 Å². The van der Waals surface area contributed by atoms with Crippen LogP contribution in [0, 0.1) is 5.92 Å². The molecule has 0 spiro atoms. The molecule has 2 heterocycles. The van der Waals surface area contributed by atoms with Crippen molar-refractivity contribution in [1.82, 2.24) is 20.2 Å². The standard InChI is InChI=1S/C15H26N4O4/c1-3-23-15(22)12-5-4-6-18(11-12)14(21)13(20)16-19-9-7-17(2)8-10-19/h12H,3-11H2,1-2H3,(H,16,20). The average Bonchev–Trinajstić information content (AvgIpc) is 2.56. The Kier molecular flexibility index (Phi) is 6.35. The quantitative estimate of drug-likeness (QED) is 0.533. The fraction of sp³-hybridized carbons (Fsp3) is 0.800. The number of rotatable bonds is 3. The maximum Gasteiger partial charge on any atom is 0.323 e. The van der Waals surface area contributed by atoms with Gasteiger partial charge in [-0.05, 0) is 26.8 Å². The topological polar surface area (TPSA) is 82.2 Å². The average molecular weight is 326 g/mol. The van der Waals surface area contributed by atoms with Crippen LogP contribution < -0.4 is 5.43 Å². The fourth-order valence-corrected chi connectivity index (χ4v) is 2.87. The molecule has 0 bridgehead atoms. The molecule has 2 aliphatic rings. The molecule has 23 heavy (non-hydrogen) atoms. The Morgan fingerprint density at radius 2 is 1.83 bits per heavy atom. The number of carbonyl (C=O) groups excluding carboxylic acids is 3. The largest absolute Gasteiger partial charge is 0.466 e. The minimum absolute atomic E-state index is 0.258. The van der Waals surface area contributed by atoms with E-state index < -0.39 is 11.8 Å². The van der Waals surface area contributed by atoms with Crippen molar-refractivity contribution in [2.45, 2.75) is 19.8 Å². The molecule has 0 aliphatic carbocycles. The number of nitrogens with one attached hydrogen (secondary N) is 1. The molecule has 1 N–H and O–H groups in total. The van der Waals surface area contributed by atoms with Crippen LogP contribution in [0.4, 0.5) is 0 Å². The number of likely N-dealkylation sites (tertiary alicyclic amines) is 1. The van der Waals surface area contributed by atoms with E-state index in [9.17, 15) is 14.4 Å².